The predicted molar refractivity (Wildman–Crippen MR) is 148 cm³/mol. The Bertz CT molecular complexity index is 1670. The number of esters is 1. The van der Waals surface area contributed by atoms with Gasteiger partial charge in [-0.25, -0.2) is 14.5 Å². The van der Waals surface area contributed by atoms with Crippen molar-refractivity contribution in [1.29, 1.82) is 0 Å². The SMILES string of the molecule is COC(=O)c1ccc(N2C(=O)NC(=O)/C(=C\c3ccc(OCc4cccc5ccccc45)c(OC)c3)C2=O)cc1. The summed E-state index contributed by atoms with van der Waals surface area (Å²) in [6, 6.07) is 23.8. The molecular formula is C31H24N2O7. The Kier molecular flexibility index (Phi) is 7.28. The summed E-state index contributed by atoms with van der Waals surface area (Å²) in [6.45, 7) is 0.310. The zero-order valence-corrected chi connectivity index (χ0v) is 21.7. The minimum atomic E-state index is -0.896. The summed E-state index contributed by atoms with van der Waals surface area (Å²) in [4.78, 5) is 50.9. The van der Waals surface area contributed by atoms with E-state index in [1.54, 1.807) is 18.2 Å². The summed E-state index contributed by atoms with van der Waals surface area (Å²) >= 11 is 0. The molecule has 0 unspecified atom stereocenters. The van der Waals surface area contributed by atoms with Gasteiger partial charge in [-0.3, -0.25) is 14.9 Å². The van der Waals surface area contributed by atoms with Gasteiger partial charge in [-0.15, -0.1) is 0 Å². The van der Waals surface area contributed by atoms with Gasteiger partial charge in [0.25, 0.3) is 11.8 Å². The van der Waals surface area contributed by atoms with Crippen molar-refractivity contribution in [2.24, 2.45) is 0 Å². The van der Waals surface area contributed by atoms with Crippen molar-refractivity contribution in [3.63, 3.8) is 0 Å². The van der Waals surface area contributed by atoms with Crippen molar-refractivity contribution in [2.75, 3.05) is 19.1 Å². The van der Waals surface area contributed by atoms with Gasteiger partial charge in [-0.2, -0.15) is 0 Å². The van der Waals surface area contributed by atoms with Crippen LogP contribution < -0.4 is 19.7 Å². The zero-order chi connectivity index (χ0) is 28.2. The average Bonchev–Trinajstić information content (AvgIpc) is 2.98. The van der Waals surface area contributed by atoms with Crippen molar-refractivity contribution in [3.05, 3.63) is 107 Å². The second-order valence-corrected chi connectivity index (χ2v) is 8.83. The molecule has 1 fully saturated rings. The minimum Gasteiger partial charge on any atom is -0.493 e. The van der Waals surface area contributed by atoms with Gasteiger partial charge >= 0.3 is 12.0 Å². The first-order valence-electron chi connectivity index (χ1n) is 12.3. The molecule has 0 radical (unpaired) electrons. The number of carbonyl (C=O) groups is 4. The zero-order valence-electron chi connectivity index (χ0n) is 21.7. The first-order valence-corrected chi connectivity index (χ1v) is 12.3. The summed E-state index contributed by atoms with van der Waals surface area (Å²) < 4.78 is 16.2. The molecule has 9 heteroatoms. The number of nitrogens with zero attached hydrogens (tertiary/aromatic N) is 1. The Balaban J connectivity index is 1.39. The fourth-order valence-corrected chi connectivity index (χ4v) is 4.39. The normalized spacial score (nSPS) is 14.3. The number of fused-ring (bicyclic) bond motifs is 1. The summed E-state index contributed by atoms with van der Waals surface area (Å²) in [7, 11) is 2.74. The third kappa shape index (κ3) is 5.12. The lowest BCUT2D eigenvalue weighted by Gasteiger charge is -2.26. The molecule has 4 aromatic rings. The first-order chi connectivity index (χ1) is 19.4. The van der Waals surface area contributed by atoms with E-state index >= 15 is 0 Å². The highest BCUT2D eigenvalue weighted by Gasteiger charge is 2.37. The molecule has 200 valence electrons. The number of imide groups is 2. The van der Waals surface area contributed by atoms with E-state index in [1.807, 2.05) is 42.5 Å². The van der Waals surface area contributed by atoms with E-state index in [0.29, 0.717) is 23.7 Å². The van der Waals surface area contributed by atoms with Crippen LogP contribution in [0.25, 0.3) is 16.8 Å². The number of benzene rings is 4. The number of rotatable bonds is 7. The highest BCUT2D eigenvalue weighted by Crippen LogP contribution is 2.31. The van der Waals surface area contributed by atoms with Gasteiger partial charge in [-0.1, -0.05) is 48.5 Å². The van der Waals surface area contributed by atoms with Crippen LogP contribution in [0, 0.1) is 0 Å². The van der Waals surface area contributed by atoms with Gasteiger partial charge in [-0.05, 0) is 64.4 Å². The molecule has 0 spiro atoms. The molecule has 9 nitrogen and oxygen atoms in total. The first kappa shape index (κ1) is 26.2. The standard InChI is InChI=1S/C31H24N2O7/c1-38-27-17-19(10-15-26(27)40-18-22-8-5-7-20-6-3-4-9-24(20)22)16-25-28(34)32-31(37)33(29(25)35)23-13-11-21(12-14-23)30(36)39-2/h3-17H,18H2,1-2H3,(H,32,34,37)/b25-16+. The molecule has 1 heterocycles. The van der Waals surface area contributed by atoms with Crippen LogP contribution in [0.15, 0.2) is 90.5 Å². The number of ether oxygens (including phenoxy) is 3. The quantitative estimate of drug-likeness (QED) is 0.204. The van der Waals surface area contributed by atoms with Gasteiger partial charge in [0.1, 0.15) is 12.2 Å². The molecule has 0 saturated carbocycles. The van der Waals surface area contributed by atoms with Crippen LogP contribution in [0.2, 0.25) is 0 Å². The van der Waals surface area contributed by atoms with Crippen molar-refractivity contribution in [3.8, 4) is 11.5 Å². The van der Waals surface area contributed by atoms with Gasteiger partial charge in [0.05, 0.1) is 25.5 Å². The van der Waals surface area contributed by atoms with Crippen LogP contribution in [0.4, 0.5) is 10.5 Å². The lowest BCUT2D eigenvalue weighted by molar-refractivity contribution is -0.122. The molecule has 1 N–H and O–H groups in total. The average molecular weight is 537 g/mol. The number of urea groups is 1. The molecule has 4 amide bonds. The van der Waals surface area contributed by atoms with Crippen molar-refractivity contribution >= 4 is 46.4 Å². The predicted octanol–water partition coefficient (Wildman–Crippen LogP) is 4.88. The van der Waals surface area contributed by atoms with Gasteiger partial charge in [0.15, 0.2) is 11.5 Å². The maximum Gasteiger partial charge on any atom is 0.337 e. The van der Waals surface area contributed by atoms with E-state index < -0.39 is 23.8 Å². The van der Waals surface area contributed by atoms with Gasteiger partial charge < -0.3 is 14.2 Å². The van der Waals surface area contributed by atoms with Crippen molar-refractivity contribution < 1.29 is 33.4 Å². The Morgan fingerprint density at radius 2 is 1.62 bits per heavy atom. The topological polar surface area (TPSA) is 111 Å². The number of methoxy groups -OCH3 is 2. The Labute approximate surface area is 229 Å². The molecule has 4 aromatic carbocycles. The van der Waals surface area contributed by atoms with Crippen molar-refractivity contribution in [2.45, 2.75) is 6.61 Å². The van der Waals surface area contributed by atoms with E-state index in [0.717, 1.165) is 21.2 Å². The smallest absolute Gasteiger partial charge is 0.337 e. The maximum absolute atomic E-state index is 13.2. The van der Waals surface area contributed by atoms with E-state index in [2.05, 4.69) is 10.1 Å². The summed E-state index contributed by atoms with van der Waals surface area (Å²) in [5.41, 5.74) is 1.69. The largest absolute Gasteiger partial charge is 0.493 e. The van der Waals surface area contributed by atoms with Gasteiger partial charge in [0.2, 0.25) is 0 Å². The molecule has 1 aliphatic rings. The van der Waals surface area contributed by atoms with Gasteiger partial charge in [0, 0.05) is 0 Å². The van der Waals surface area contributed by atoms with Crippen molar-refractivity contribution in [1.82, 2.24) is 5.32 Å². The molecule has 0 aromatic heterocycles. The molecule has 0 atom stereocenters. The Hall–Kier alpha value is -5.44. The monoisotopic (exact) mass is 536 g/mol. The van der Waals surface area contributed by atoms with E-state index in [4.69, 9.17) is 9.47 Å². The number of barbiturate groups is 1. The fraction of sp³-hybridized carbons (Fsp3) is 0.0968. The lowest BCUT2D eigenvalue weighted by Crippen LogP contribution is -2.54. The van der Waals surface area contributed by atoms with E-state index in [9.17, 15) is 19.2 Å². The number of nitrogens with one attached hydrogen (secondary N) is 1. The van der Waals surface area contributed by atoms with E-state index in [1.165, 1.54) is 44.6 Å². The second kappa shape index (κ2) is 11.1. The summed E-state index contributed by atoms with van der Waals surface area (Å²) in [5, 5.41) is 4.38. The number of carbonyl (C=O) groups excluding carboxylic acids is 4. The minimum absolute atomic E-state index is 0.184. The summed E-state index contributed by atoms with van der Waals surface area (Å²) in [5.74, 6) is -1.30. The molecule has 0 bridgehead atoms. The Morgan fingerprint density at radius 3 is 2.38 bits per heavy atom. The second-order valence-electron chi connectivity index (χ2n) is 8.83. The maximum atomic E-state index is 13.2. The molecule has 40 heavy (non-hydrogen) atoms. The highest BCUT2D eigenvalue weighted by molar-refractivity contribution is 6.39. The Morgan fingerprint density at radius 1 is 0.875 bits per heavy atom. The number of hydrogen-bond donors (Lipinski definition) is 1. The summed E-state index contributed by atoms with van der Waals surface area (Å²) in [6.07, 6.45) is 1.37. The molecule has 0 aliphatic carbocycles. The number of amides is 4. The molecule has 1 aliphatic heterocycles. The van der Waals surface area contributed by atoms with Crippen LogP contribution in [0.1, 0.15) is 21.5 Å². The van der Waals surface area contributed by atoms with E-state index in [-0.39, 0.29) is 16.8 Å². The lowest BCUT2D eigenvalue weighted by atomic mass is 10.1. The van der Waals surface area contributed by atoms with Crippen LogP contribution in [-0.4, -0.2) is 38.0 Å². The molecular weight excluding hydrogens is 512 g/mol. The third-order valence-corrected chi connectivity index (χ3v) is 6.41. The molecule has 5 rings (SSSR count). The number of anilines is 1. The van der Waals surface area contributed by atoms with Crippen LogP contribution in [-0.2, 0) is 20.9 Å². The molecule has 1 saturated heterocycles. The highest BCUT2D eigenvalue weighted by atomic mass is 16.5. The van der Waals surface area contributed by atoms with Crippen LogP contribution in [0.5, 0.6) is 11.5 Å². The van der Waals surface area contributed by atoms with Crippen LogP contribution >= 0.6 is 0 Å². The number of hydrogen-bond acceptors (Lipinski definition) is 7. The van der Waals surface area contributed by atoms with Crippen LogP contribution in [0.3, 0.4) is 0 Å². The third-order valence-electron chi connectivity index (χ3n) is 6.41. The fourth-order valence-electron chi connectivity index (χ4n) is 4.39.